The Morgan fingerprint density at radius 2 is 2.29 bits per heavy atom. The van der Waals surface area contributed by atoms with E-state index in [1.54, 1.807) is 18.3 Å². The number of nitrogens with zero attached hydrogens (tertiary/aromatic N) is 1. The van der Waals surface area contributed by atoms with Gasteiger partial charge in [-0.15, -0.1) is 0 Å². The van der Waals surface area contributed by atoms with Gasteiger partial charge in [-0.3, -0.25) is 0 Å². The van der Waals surface area contributed by atoms with E-state index in [2.05, 4.69) is 24.1 Å². The van der Waals surface area contributed by atoms with Gasteiger partial charge in [-0.25, -0.2) is 9.78 Å². The lowest BCUT2D eigenvalue weighted by molar-refractivity contribution is 0.0697. The monoisotopic (exact) mass is 234 g/mol. The summed E-state index contributed by atoms with van der Waals surface area (Å²) in [5.41, 5.74) is 0.583. The van der Waals surface area contributed by atoms with E-state index >= 15 is 0 Å². The number of nitrogens with one attached hydrogen (secondary N) is 1. The Morgan fingerprint density at radius 3 is 2.82 bits per heavy atom. The summed E-state index contributed by atoms with van der Waals surface area (Å²) in [6.45, 7) is 5.23. The minimum Gasteiger partial charge on any atom is -0.478 e. The summed E-state index contributed by atoms with van der Waals surface area (Å²) in [5.74, 6) is 0.161. The minimum atomic E-state index is -0.935. The average Bonchev–Trinajstić information content (AvgIpc) is 3.07. The van der Waals surface area contributed by atoms with Crippen LogP contribution in [0.4, 0.5) is 5.82 Å². The topological polar surface area (TPSA) is 62.2 Å². The smallest absolute Gasteiger partial charge is 0.339 e. The summed E-state index contributed by atoms with van der Waals surface area (Å²) in [7, 11) is 0. The van der Waals surface area contributed by atoms with Gasteiger partial charge in [0.2, 0.25) is 0 Å². The normalized spacial score (nSPS) is 16.9. The van der Waals surface area contributed by atoms with E-state index < -0.39 is 5.97 Å². The summed E-state index contributed by atoms with van der Waals surface area (Å²) >= 11 is 0. The van der Waals surface area contributed by atoms with Crippen molar-refractivity contribution in [3.8, 4) is 0 Å². The predicted octanol–water partition coefficient (Wildman–Crippen LogP) is 2.63. The van der Waals surface area contributed by atoms with Gasteiger partial charge >= 0.3 is 5.97 Å². The molecule has 2 N–H and O–H groups in total. The number of aromatic nitrogens is 1. The van der Waals surface area contributed by atoms with Crippen molar-refractivity contribution in [2.24, 2.45) is 11.3 Å². The summed E-state index contributed by atoms with van der Waals surface area (Å²) < 4.78 is 0. The van der Waals surface area contributed by atoms with Crippen LogP contribution in [-0.2, 0) is 0 Å². The number of hydrogen-bond donors (Lipinski definition) is 2. The Bertz CT molecular complexity index is 425. The molecule has 1 aliphatic carbocycles. The van der Waals surface area contributed by atoms with Crippen LogP contribution in [0.2, 0.25) is 0 Å². The van der Waals surface area contributed by atoms with Gasteiger partial charge in [0.1, 0.15) is 11.4 Å². The molecule has 4 heteroatoms. The van der Waals surface area contributed by atoms with Crippen LogP contribution < -0.4 is 5.32 Å². The highest BCUT2D eigenvalue weighted by Gasteiger charge is 2.45. The summed E-state index contributed by atoms with van der Waals surface area (Å²) in [6, 6.07) is 3.22. The van der Waals surface area contributed by atoms with Gasteiger partial charge in [0.15, 0.2) is 0 Å². The van der Waals surface area contributed by atoms with Crippen LogP contribution in [0.15, 0.2) is 18.3 Å². The Balaban J connectivity index is 2.07. The van der Waals surface area contributed by atoms with Crippen molar-refractivity contribution in [3.05, 3.63) is 23.9 Å². The molecule has 1 saturated carbocycles. The van der Waals surface area contributed by atoms with Gasteiger partial charge in [-0.05, 0) is 36.3 Å². The molecule has 17 heavy (non-hydrogen) atoms. The SMILES string of the molecule is CC(C)C1(CNc2ncccc2C(=O)O)CC1. The Hall–Kier alpha value is -1.58. The molecular formula is C13H18N2O2. The fraction of sp³-hybridized carbons (Fsp3) is 0.538. The maximum Gasteiger partial charge on any atom is 0.339 e. The van der Waals surface area contributed by atoms with Crippen molar-refractivity contribution in [1.29, 1.82) is 0 Å². The van der Waals surface area contributed by atoms with Crippen molar-refractivity contribution < 1.29 is 9.90 Å². The number of hydrogen-bond acceptors (Lipinski definition) is 3. The van der Waals surface area contributed by atoms with Crippen LogP contribution in [0.5, 0.6) is 0 Å². The summed E-state index contributed by atoms with van der Waals surface area (Å²) in [6.07, 6.45) is 4.05. The lowest BCUT2D eigenvalue weighted by Gasteiger charge is -2.20. The standard InChI is InChI=1S/C13H18N2O2/c1-9(2)13(5-6-13)8-15-11-10(12(16)17)4-3-7-14-11/h3-4,7,9H,5-6,8H2,1-2H3,(H,14,15)(H,16,17). The molecule has 4 nitrogen and oxygen atoms in total. The molecule has 2 rings (SSSR count). The molecule has 0 spiro atoms. The molecule has 92 valence electrons. The molecule has 0 unspecified atom stereocenters. The van der Waals surface area contributed by atoms with Crippen LogP contribution in [0, 0.1) is 11.3 Å². The molecule has 1 fully saturated rings. The third-order valence-corrected chi connectivity index (χ3v) is 3.76. The van der Waals surface area contributed by atoms with Crippen LogP contribution in [0.25, 0.3) is 0 Å². The molecule has 1 aromatic heterocycles. The van der Waals surface area contributed by atoms with E-state index in [0.717, 1.165) is 6.54 Å². The van der Waals surface area contributed by atoms with Crippen molar-refractivity contribution in [2.75, 3.05) is 11.9 Å². The molecule has 0 amide bonds. The zero-order valence-electron chi connectivity index (χ0n) is 10.2. The molecule has 0 saturated heterocycles. The molecular weight excluding hydrogens is 216 g/mol. The number of rotatable bonds is 5. The molecule has 1 heterocycles. The zero-order chi connectivity index (χ0) is 12.5. The maximum absolute atomic E-state index is 11.0. The Kier molecular flexibility index (Phi) is 3.05. The summed E-state index contributed by atoms with van der Waals surface area (Å²) in [4.78, 5) is 15.1. The molecule has 0 aromatic carbocycles. The van der Waals surface area contributed by atoms with E-state index in [4.69, 9.17) is 5.11 Å². The van der Waals surface area contributed by atoms with Crippen molar-refractivity contribution in [1.82, 2.24) is 4.98 Å². The van der Waals surface area contributed by atoms with Gasteiger partial charge in [0.25, 0.3) is 0 Å². The first-order valence-corrected chi connectivity index (χ1v) is 5.97. The fourth-order valence-electron chi connectivity index (χ4n) is 2.10. The first-order valence-electron chi connectivity index (χ1n) is 5.97. The van der Waals surface area contributed by atoms with Gasteiger partial charge in [-0.2, -0.15) is 0 Å². The van der Waals surface area contributed by atoms with Gasteiger partial charge in [0, 0.05) is 12.7 Å². The zero-order valence-corrected chi connectivity index (χ0v) is 10.2. The van der Waals surface area contributed by atoms with Crippen LogP contribution in [0.3, 0.4) is 0 Å². The minimum absolute atomic E-state index is 0.243. The Labute approximate surface area is 101 Å². The van der Waals surface area contributed by atoms with Crippen molar-refractivity contribution in [2.45, 2.75) is 26.7 Å². The maximum atomic E-state index is 11.0. The lowest BCUT2D eigenvalue weighted by atomic mass is 9.92. The van der Waals surface area contributed by atoms with E-state index in [1.807, 2.05) is 0 Å². The number of pyridine rings is 1. The van der Waals surface area contributed by atoms with E-state index in [-0.39, 0.29) is 5.56 Å². The third kappa shape index (κ3) is 2.40. The fourth-order valence-corrected chi connectivity index (χ4v) is 2.10. The highest BCUT2D eigenvalue weighted by Crippen LogP contribution is 2.51. The average molecular weight is 234 g/mol. The molecule has 1 aliphatic rings. The molecule has 0 aliphatic heterocycles. The highest BCUT2D eigenvalue weighted by atomic mass is 16.4. The molecule has 0 bridgehead atoms. The highest BCUT2D eigenvalue weighted by molar-refractivity contribution is 5.92. The van der Waals surface area contributed by atoms with Gasteiger partial charge in [-0.1, -0.05) is 13.8 Å². The lowest BCUT2D eigenvalue weighted by Crippen LogP contribution is -2.22. The quantitative estimate of drug-likeness (QED) is 0.822. The second-order valence-corrected chi connectivity index (χ2v) is 5.08. The third-order valence-electron chi connectivity index (χ3n) is 3.76. The summed E-state index contributed by atoms with van der Waals surface area (Å²) in [5, 5.41) is 12.2. The Morgan fingerprint density at radius 1 is 1.59 bits per heavy atom. The second kappa shape index (κ2) is 4.35. The number of aromatic carboxylic acids is 1. The first kappa shape index (κ1) is 11.9. The van der Waals surface area contributed by atoms with Crippen molar-refractivity contribution in [3.63, 3.8) is 0 Å². The van der Waals surface area contributed by atoms with Crippen molar-refractivity contribution >= 4 is 11.8 Å². The van der Waals surface area contributed by atoms with Gasteiger partial charge in [0.05, 0.1) is 0 Å². The largest absolute Gasteiger partial charge is 0.478 e. The predicted molar refractivity (Wildman–Crippen MR) is 66.2 cm³/mol. The molecule has 0 radical (unpaired) electrons. The van der Waals surface area contributed by atoms with Crippen LogP contribution in [-0.4, -0.2) is 22.6 Å². The van der Waals surface area contributed by atoms with E-state index in [1.165, 1.54) is 12.8 Å². The molecule has 0 atom stereocenters. The number of carbonyl (C=O) groups is 1. The van der Waals surface area contributed by atoms with E-state index in [0.29, 0.717) is 17.2 Å². The second-order valence-electron chi connectivity index (χ2n) is 5.08. The van der Waals surface area contributed by atoms with E-state index in [9.17, 15) is 4.79 Å². The number of carboxylic acids is 1. The number of anilines is 1. The van der Waals surface area contributed by atoms with Crippen LogP contribution in [0.1, 0.15) is 37.0 Å². The molecule has 1 aromatic rings. The first-order chi connectivity index (χ1) is 8.05. The number of carboxylic acid groups (broad SMARTS) is 1. The van der Waals surface area contributed by atoms with Crippen LogP contribution >= 0.6 is 0 Å². The van der Waals surface area contributed by atoms with Gasteiger partial charge < -0.3 is 10.4 Å².